The lowest BCUT2D eigenvalue weighted by atomic mass is 10.2. The molecule has 3 nitrogen and oxygen atoms in total. The first kappa shape index (κ1) is 8.69. The molecule has 0 atom stereocenters. The van der Waals surface area contributed by atoms with Gasteiger partial charge in [0.2, 0.25) is 0 Å². The zero-order valence-electron chi connectivity index (χ0n) is 7.71. The maximum absolute atomic E-state index is 4.40. The number of thiazole rings is 1. The minimum Gasteiger partial charge on any atom is -0.373 e. The molecule has 0 bridgehead atoms. The van der Waals surface area contributed by atoms with E-state index in [1.54, 1.807) is 11.3 Å². The van der Waals surface area contributed by atoms with Gasteiger partial charge in [-0.2, -0.15) is 0 Å². The summed E-state index contributed by atoms with van der Waals surface area (Å²) in [6.45, 7) is 4.05. The van der Waals surface area contributed by atoms with Gasteiger partial charge in [-0.3, -0.25) is 4.99 Å². The van der Waals surface area contributed by atoms with Crippen LogP contribution in [0.5, 0.6) is 0 Å². The summed E-state index contributed by atoms with van der Waals surface area (Å²) in [6.07, 6.45) is 2.02. The number of aliphatic imine (C=N–C) groups is 1. The average Bonchev–Trinajstić information content (AvgIpc) is 2.53. The SMILES string of the molecule is Cc1nc(CC2=NCCCN2)cs1. The van der Waals surface area contributed by atoms with E-state index in [2.05, 4.69) is 20.7 Å². The van der Waals surface area contributed by atoms with Gasteiger partial charge >= 0.3 is 0 Å². The molecule has 1 N–H and O–H groups in total. The van der Waals surface area contributed by atoms with E-state index in [4.69, 9.17) is 0 Å². The summed E-state index contributed by atoms with van der Waals surface area (Å²) in [4.78, 5) is 8.81. The number of rotatable bonds is 2. The lowest BCUT2D eigenvalue weighted by Gasteiger charge is -2.13. The van der Waals surface area contributed by atoms with Gasteiger partial charge in [0.05, 0.1) is 10.7 Å². The first-order valence-electron chi connectivity index (χ1n) is 4.53. The predicted molar refractivity (Wildman–Crippen MR) is 55.5 cm³/mol. The maximum Gasteiger partial charge on any atom is 0.102 e. The molecule has 1 aliphatic rings. The van der Waals surface area contributed by atoms with Crippen molar-refractivity contribution in [2.75, 3.05) is 13.1 Å². The van der Waals surface area contributed by atoms with Gasteiger partial charge in [-0.15, -0.1) is 11.3 Å². The standard InChI is InChI=1S/C9H13N3S/c1-7-12-8(6-13-7)5-9-10-3-2-4-11-9/h6H,2-5H2,1H3,(H,10,11). The van der Waals surface area contributed by atoms with Crippen LogP contribution in [0.3, 0.4) is 0 Å². The molecule has 70 valence electrons. The number of aryl methyl sites for hydroxylation is 1. The highest BCUT2D eigenvalue weighted by Crippen LogP contribution is 2.09. The van der Waals surface area contributed by atoms with Crippen LogP contribution in [0.25, 0.3) is 0 Å². The Morgan fingerprint density at radius 2 is 2.54 bits per heavy atom. The molecule has 2 rings (SSSR count). The monoisotopic (exact) mass is 195 g/mol. The van der Waals surface area contributed by atoms with Gasteiger partial charge in [-0.25, -0.2) is 4.98 Å². The number of nitrogens with zero attached hydrogens (tertiary/aromatic N) is 2. The van der Waals surface area contributed by atoms with Gasteiger partial charge in [0.1, 0.15) is 5.84 Å². The van der Waals surface area contributed by atoms with Crippen LogP contribution in [0.15, 0.2) is 10.4 Å². The summed E-state index contributed by atoms with van der Waals surface area (Å²) < 4.78 is 0. The van der Waals surface area contributed by atoms with Gasteiger partial charge in [0.15, 0.2) is 0 Å². The predicted octanol–water partition coefficient (Wildman–Crippen LogP) is 1.39. The minimum atomic E-state index is 0.865. The summed E-state index contributed by atoms with van der Waals surface area (Å²) in [5.74, 6) is 1.09. The Bertz CT molecular complexity index is 316. The van der Waals surface area contributed by atoms with Crippen molar-refractivity contribution in [2.24, 2.45) is 4.99 Å². The molecular weight excluding hydrogens is 182 g/mol. The van der Waals surface area contributed by atoms with Crippen molar-refractivity contribution in [3.63, 3.8) is 0 Å². The third kappa shape index (κ3) is 2.28. The van der Waals surface area contributed by atoms with Gasteiger partial charge in [-0.1, -0.05) is 0 Å². The Labute approximate surface area is 81.9 Å². The summed E-state index contributed by atoms with van der Waals surface area (Å²) in [5.41, 5.74) is 1.13. The third-order valence-electron chi connectivity index (χ3n) is 1.98. The molecule has 1 aromatic rings. The molecule has 0 saturated heterocycles. The lowest BCUT2D eigenvalue weighted by molar-refractivity contribution is 0.730. The van der Waals surface area contributed by atoms with Crippen LogP contribution in [0.4, 0.5) is 0 Å². The molecule has 2 heterocycles. The highest BCUT2D eigenvalue weighted by atomic mass is 32.1. The molecule has 0 aliphatic carbocycles. The van der Waals surface area contributed by atoms with Gasteiger partial charge in [0, 0.05) is 24.9 Å². The Kier molecular flexibility index (Phi) is 2.59. The second kappa shape index (κ2) is 3.87. The van der Waals surface area contributed by atoms with E-state index >= 15 is 0 Å². The summed E-state index contributed by atoms with van der Waals surface area (Å²) >= 11 is 1.70. The van der Waals surface area contributed by atoms with Crippen molar-refractivity contribution in [3.05, 3.63) is 16.1 Å². The number of hydrogen-bond acceptors (Lipinski definition) is 4. The fraction of sp³-hybridized carbons (Fsp3) is 0.556. The smallest absolute Gasteiger partial charge is 0.102 e. The van der Waals surface area contributed by atoms with E-state index in [0.717, 1.165) is 42.5 Å². The summed E-state index contributed by atoms with van der Waals surface area (Å²) in [7, 11) is 0. The third-order valence-corrected chi connectivity index (χ3v) is 2.80. The van der Waals surface area contributed by atoms with Crippen LogP contribution in [0.2, 0.25) is 0 Å². The molecule has 4 heteroatoms. The van der Waals surface area contributed by atoms with Crippen molar-refractivity contribution in [1.82, 2.24) is 10.3 Å². The van der Waals surface area contributed by atoms with Gasteiger partial charge in [0.25, 0.3) is 0 Å². The normalized spacial score (nSPS) is 16.5. The Balaban J connectivity index is 2.01. The average molecular weight is 195 g/mol. The van der Waals surface area contributed by atoms with Crippen molar-refractivity contribution in [1.29, 1.82) is 0 Å². The number of amidine groups is 1. The Hall–Kier alpha value is -0.900. The van der Waals surface area contributed by atoms with Crippen LogP contribution < -0.4 is 5.32 Å². The second-order valence-electron chi connectivity index (χ2n) is 3.14. The number of nitrogens with one attached hydrogen (secondary N) is 1. The Morgan fingerprint density at radius 3 is 3.15 bits per heavy atom. The van der Waals surface area contributed by atoms with Crippen molar-refractivity contribution < 1.29 is 0 Å². The molecule has 0 spiro atoms. The second-order valence-corrected chi connectivity index (χ2v) is 4.21. The van der Waals surface area contributed by atoms with Crippen LogP contribution in [-0.2, 0) is 6.42 Å². The van der Waals surface area contributed by atoms with Crippen molar-refractivity contribution in [2.45, 2.75) is 19.8 Å². The first-order chi connectivity index (χ1) is 6.34. The molecule has 13 heavy (non-hydrogen) atoms. The van der Waals surface area contributed by atoms with E-state index in [0.29, 0.717) is 0 Å². The molecular formula is C9H13N3S. The molecule has 0 aromatic carbocycles. The summed E-state index contributed by atoms with van der Waals surface area (Å²) in [5, 5.41) is 6.53. The first-order valence-corrected chi connectivity index (χ1v) is 5.41. The zero-order chi connectivity index (χ0) is 9.10. The largest absolute Gasteiger partial charge is 0.373 e. The van der Waals surface area contributed by atoms with Gasteiger partial charge in [-0.05, 0) is 13.3 Å². The fourth-order valence-electron chi connectivity index (χ4n) is 1.36. The van der Waals surface area contributed by atoms with E-state index in [-0.39, 0.29) is 0 Å². The van der Waals surface area contributed by atoms with Crippen molar-refractivity contribution in [3.8, 4) is 0 Å². The highest BCUT2D eigenvalue weighted by Gasteiger charge is 2.06. The number of hydrogen-bond donors (Lipinski definition) is 1. The topological polar surface area (TPSA) is 37.3 Å². The van der Waals surface area contributed by atoms with E-state index in [9.17, 15) is 0 Å². The van der Waals surface area contributed by atoms with Crippen LogP contribution in [-0.4, -0.2) is 23.9 Å². The van der Waals surface area contributed by atoms with Crippen LogP contribution in [0, 0.1) is 6.92 Å². The molecule has 0 fully saturated rings. The quantitative estimate of drug-likeness (QED) is 0.774. The Morgan fingerprint density at radius 1 is 1.62 bits per heavy atom. The lowest BCUT2D eigenvalue weighted by Crippen LogP contribution is -2.31. The molecule has 1 aliphatic heterocycles. The van der Waals surface area contributed by atoms with Crippen molar-refractivity contribution >= 4 is 17.2 Å². The zero-order valence-corrected chi connectivity index (χ0v) is 8.52. The fourth-order valence-corrected chi connectivity index (χ4v) is 1.97. The molecule has 0 saturated carbocycles. The van der Waals surface area contributed by atoms with Crippen LogP contribution in [0.1, 0.15) is 17.1 Å². The molecule has 0 radical (unpaired) electrons. The molecule has 0 unspecified atom stereocenters. The highest BCUT2D eigenvalue weighted by molar-refractivity contribution is 7.09. The molecule has 0 amide bonds. The van der Waals surface area contributed by atoms with E-state index in [1.807, 2.05) is 6.92 Å². The maximum atomic E-state index is 4.40. The van der Waals surface area contributed by atoms with E-state index < -0.39 is 0 Å². The minimum absolute atomic E-state index is 0.865. The van der Waals surface area contributed by atoms with Gasteiger partial charge < -0.3 is 5.32 Å². The number of aromatic nitrogens is 1. The summed E-state index contributed by atoms with van der Waals surface area (Å²) in [6, 6.07) is 0. The van der Waals surface area contributed by atoms with E-state index in [1.165, 1.54) is 0 Å². The van der Waals surface area contributed by atoms with Crippen LogP contribution >= 0.6 is 11.3 Å². The molecule has 1 aromatic heterocycles.